The molecule has 3 rings (SSSR count). The molecule has 0 unspecified atom stereocenters. The number of nitrogens with zero attached hydrogens (tertiary/aromatic N) is 3. The van der Waals surface area contributed by atoms with Gasteiger partial charge in [0.2, 0.25) is 0 Å². The summed E-state index contributed by atoms with van der Waals surface area (Å²) < 4.78 is 0. The van der Waals surface area contributed by atoms with Gasteiger partial charge in [0.25, 0.3) is 0 Å². The van der Waals surface area contributed by atoms with Gasteiger partial charge in [0.05, 0.1) is 11.8 Å². The summed E-state index contributed by atoms with van der Waals surface area (Å²) >= 11 is 0. The van der Waals surface area contributed by atoms with E-state index in [1.54, 1.807) is 12.4 Å². The first kappa shape index (κ1) is 13.2. The summed E-state index contributed by atoms with van der Waals surface area (Å²) in [4.78, 5) is 10.7. The summed E-state index contributed by atoms with van der Waals surface area (Å²) in [5.41, 5.74) is 2.28. The number of aliphatic hydroxyl groups excluding tert-OH is 1. The number of hydrogen-bond donors (Lipinski definition) is 1. The SMILES string of the molecule is O[C@H]1CCN(Cc2ccccn2)[C@H]1Cc1ccncc1. The topological polar surface area (TPSA) is 49.2 Å². The van der Waals surface area contributed by atoms with Crippen molar-refractivity contribution in [1.29, 1.82) is 0 Å². The highest BCUT2D eigenvalue weighted by Crippen LogP contribution is 2.23. The standard InChI is InChI=1S/C16H19N3O/c20-16-6-10-19(12-14-3-1-2-7-18-14)15(16)11-13-4-8-17-9-5-13/h1-5,7-9,15-16,20H,6,10-12H2/t15-,16-/m0/s1. The van der Waals surface area contributed by atoms with E-state index in [1.165, 1.54) is 5.56 Å². The molecule has 0 saturated carbocycles. The molecule has 2 aromatic heterocycles. The number of pyridine rings is 2. The van der Waals surface area contributed by atoms with E-state index in [2.05, 4.69) is 14.9 Å². The molecule has 104 valence electrons. The lowest BCUT2D eigenvalue weighted by molar-refractivity contribution is 0.112. The zero-order valence-electron chi connectivity index (χ0n) is 11.4. The highest BCUT2D eigenvalue weighted by atomic mass is 16.3. The Bertz CT molecular complexity index is 532. The Morgan fingerprint density at radius 3 is 2.75 bits per heavy atom. The molecular weight excluding hydrogens is 250 g/mol. The molecule has 3 heterocycles. The maximum Gasteiger partial charge on any atom is 0.0710 e. The van der Waals surface area contributed by atoms with Gasteiger partial charge >= 0.3 is 0 Å². The Morgan fingerprint density at radius 1 is 1.15 bits per heavy atom. The molecular formula is C16H19N3O. The molecule has 0 radical (unpaired) electrons. The van der Waals surface area contributed by atoms with Gasteiger partial charge in [-0.15, -0.1) is 0 Å². The van der Waals surface area contributed by atoms with Gasteiger partial charge in [-0.2, -0.15) is 0 Å². The number of aliphatic hydroxyl groups is 1. The van der Waals surface area contributed by atoms with Crippen LogP contribution in [0.3, 0.4) is 0 Å². The van der Waals surface area contributed by atoms with Crippen LogP contribution < -0.4 is 0 Å². The van der Waals surface area contributed by atoms with E-state index in [-0.39, 0.29) is 12.1 Å². The van der Waals surface area contributed by atoms with Crippen LogP contribution in [0.15, 0.2) is 48.9 Å². The first-order valence-electron chi connectivity index (χ1n) is 7.04. The number of aromatic nitrogens is 2. The van der Waals surface area contributed by atoms with E-state index < -0.39 is 0 Å². The molecule has 2 aromatic rings. The van der Waals surface area contributed by atoms with Crippen LogP contribution in [0.2, 0.25) is 0 Å². The molecule has 4 nitrogen and oxygen atoms in total. The van der Waals surface area contributed by atoms with Crippen LogP contribution in [-0.4, -0.2) is 38.7 Å². The van der Waals surface area contributed by atoms with Crippen molar-refractivity contribution in [2.75, 3.05) is 6.54 Å². The monoisotopic (exact) mass is 269 g/mol. The predicted molar refractivity (Wildman–Crippen MR) is 77.0 cm³/mol. The average Bonchev–Trinajstić information content (AvgIpc) is 2.83. The first-order valence-corrected chi connectivity index (χ1v) is 7.04. The summed E-state index contributed by atoms with van der Waals surface area (Å²) in [5.74, 6) is 0. The number of likely N-dealkylation sites (tertiary alicyclic amines) is 1. The molecule has 0 aliphatic carbocycles. The third kappa shape index (κ3) is 3.03. The molecule has 1 fully saturated rings. The minimum absolute atomic E-state index is 0.166. The van der Waals surface area contributed by atoms with Crippen LogP contribution in [0.25, 0.3) is 0 Å². The van der Waals surface area contributed by atoms with Gasteiger partial charge in [-0.1, -0.05) is 6.07 Å². The van der Waals surface area contributed by atoms with Crippen molar-refractivity contribution >= 4 is 0 Å². The van der Waals surface area contributed by atoms with Crippen molar-refractivity contribution < 1.29 is 5.11 Å². The third-order valence-corrected chi connectivity index (χ3v) is 3.91. The Morgan fingerprint density at radius 2 is 2.00 bits per heavy atom. The lowest BCUT2D eigenvalue weighted by atomic mass is 10.0. The summed E-state index contributed by atoms with van der Waals surface area (Å²) in [7, 11) is 0. The summed E-state index contributed by atoms with van der Waals surface area (Å²) in [6.45, 7) is 1.72. The van der Waals surface area contributed by atoms with Gasteiger partial charge in [0.15, 0.2) is 0 Å². The Hall–Kier alpha value is -1.78. The molecule has 1 N–H and O–H groups in total. The van der Waals surface area contributed by atoms with Gasteiger partial charge in [-0.3, -0.25) is 14.9 Å². The van der Waals surface area contributed by atoms with Gasteiger partial charge in [-0.05, 0) is 42.7 Å². The maximum atomic E-state index is 10.2. The Kier molecular flexibility index (Phi) is 4.04. The largest absolute Gasteiger partial charge is 0.391 e. The molecule has 0 aromatic carbocycles. The zero-order valence-corrected chi connectivity index (χ0v) is 11.4. The van der Waals surface area contributed by atoms with E-state index in [1.807, 2.05) is 36.5 Å². The highest BCUT2D eigenvalue weighted by Gasteiger charge is 2.32. The molecule has 0 bridgehead atoms. The zero-order chi connectivity index (χ0) is 13.8. The van der Waals surface area contributed by atoms with Crippen LogP contribution in [0.5, 0.6) is 0 Å². The second kappa shape index (κ2) is 6.11. The van der Waals surface area contributed by atoms with E-state index in [0.29, 0.717) is 0 Å². The third-order valence-electron chi connectivity index (χ3n) is 3.91. The second-order valence-corrected chi connectivity index (χ2v) is 5.27. The number of rotatable bonds is 4. The van der Waals surface area contributed by atoms with Crippen molar-refractivity contribution in [2.24, 2.45) is 0 Å². The normalized spacial score (nSPS) is 23.1. The summed E-state index contributed by atoms with van der Waals surface area (Å²) in [5, 5.41) is 10.2. The maximum absolute atomic E-state index is 10.2. The molecule has 1 aliphatic rings. The van der Waals surface area contributed by atoms with E-state index >= 15 is 0 Å². The van der Waals surface area contributed by atoms with Crippen molar-refractivity contribution in [2.45, 2.75) is 31.5 Å². The average molecular weight is 269 g/mol. The fraction of sp³-hybridized carbons (Fsp3) is 0.375. The predicted octanol–water partition coefficient (Wildman–Crippen LogP) is 1.65. The molecule has 1 aliphatic heterocycles. The lowest BCUT2D eigenvalue weighted by Gasteiger charge is -2.26. The quantitative estimate of drug-likeness (QED) is 0.917. The van der Waals surface area contributed by atoms with Gasteiger partial charge in [0.1, 0.15) is 0 Å². The van der Waals surface area contributed by atoms with Crippen molar-refractivity contribution in [3.05, 3.63) is 60.2 Å². The first-order chi connectivity index (χ1) is 9.83. The van der Waals surface area contributed by atoms with Gasteiger partial charge in [-0.25, -0.2) is 0 Å². The minimum atomic E-state index is -0.258. The van der Waals surface area contributed by atoms with Crippen molar-refractivity contribution in [3.63, 3.8) is 0 Å². The lowest BCUT2D eigenvalue weighted by Crippen LogP contribution is -2.36. The number of hydrogen-bond acceptors (Lipinski definition) is 4. The molecule has 20 heavy (non-hydrogen) atoms. The van der Waals surface area contributed by atoms with Gasteiger partial charge < -0.3 is 5.11 Å². The minimum Gasteiger partial charge on any atom is -0.391 e. The molecule has 1 saturated heterocycles. The highest BCUT2D eigenvalue weighted by molar-refractivity contribution is 5.13. The molecule has 2 atom stereocenters. The van der Waals surface area contributed by atoms with Crippen molar-refractivity contribution in [1.82, 2.24) is 14.9 Å². The summed E-state index contributed by atoms with van der Waals surface area (Å²) in [6.07, 6.45) is 6.87. The van der Waals surface area contributed by atoms with E-state index in [9.17, 15) is 5.11 Å². The Balaban J connectivity index is 1.70. The van der Waals surface area contributed by atoms with Crippen LogP contribution in [-0.2, 0) is 13.0 Å². The van der Waals surface area contributed by atoms with E-state index in [0.717, 1.165) is 31.6 Å². The Labute approximate surface area is 119 Å². The van der Waals surface area contributed by atoms with Gasteiger partial charge in [0, 0.05) is 37.7 Å². The summed E-state index contributed by atoms with van der Waals surface area (Å²) in [6, 6.07) is 10.2. The molecule has 0 amide bonds. The fourth-order valence-electron chi connectivity index (χ4n) is 2.82. The smallest absolute Gasteiger partial charge is 0.0710 e. The van der Waals surface area contributed by atoms with Crippen LogP contribution in [0, 0.1) is 0 Å². The fourth-order valence-corrected chi connectivity index (χ4v) is 2.82. The van der Waals surface area contributed by atoms with Crippen LogP contribution >= 0.6 is 0 Å². The van der Waals surface area contributed by atoms with Crippen LogP contribution in [0.1, 0.15) is 17.7 Å². The van der Waals surface area contributed by atoms with E-state index in [4.69, 9.17) is 0 Å². The molecule has 4 heteroatoms. The second-order valence-electron chi connectivity index (χ2n) is 5.27. The van der Waals surface area contributed by atoms with Crippen LogP contribution in [0.4, 0.5) is 0 Å². The molecule has 0 spiro atoms. The van der Waals surface area contributed by atoms with Crippen molar-refractivity contribution in [3.8, 4) is 0 Å².